The number of hydrogen-bond donors (Lipinski definition) is 0. The van der Waals surface area contributed by atoms with Crippen LogP contribution in [-0.4, -0.2) is 19.5 Å². The summed E-state index contributed by atoms with van der Waals surface area (Å²) in [6.07, 6.45) is 0.350. The van der Waals surface area contributed by atoms with Gasteiger partial charge in [0.2, 0.25) is 0 Å². The average Bonchev–Trinajstić information content (AvgIpc) is 2.49. The molecule has 0 unspecified atom stereocenters. The first-order chi connectivity index (χ1) is 9.70. The van der Waals surface area contributed by atoms with Gasteiger partial charge in [-0.1, -0.05) is 30.3 Å². The van der Waals surface area contributed by atoms with E-state index in [4.69, 9.17) is 9.47 Å². The SMILES string of the molecule is COc1ccc(OCCC(=O)c2ccccc2)c(Br)c1. The Kier molecular flexibility index (Phi) is 5.18. The van der Waals surface area contributed by atoms with Crippen LogP contribution in [0.15, 0.2) is 53.0 Å². The lowest BCUT2D eigenvalue weighted by atomic mass is 10.1. The summed E-state index contributed by atoms with van der Waals surface area (Å²) in [6, 6.07) is 14.7. The van der Waals surface area contributed by atoms with Crippen LogP contribution in [0, 0.1) is 0 Å². The second-order valence-corrected chi connectivity index (χ2v) is 5.04. The molecule has 0 saturated heterocycles. The van der Waals surface area contributed by atoms with E-state index in [1.807, 2.05) is 48.5 Å². The fraction of sp³-hybridized carbons (Fsp3) is 0.188. The summed E-state index contributed by atoms with van der Waals surface area (Å²) in [7, 11) is 1.61. The molecular weight excluding hydrogens is 320 g/mol. The van der Waals surface area contributed by atoms with Gasteiger partial charge in [-0.25, -0.2) is 0 Å². The quantitative estimate of drug-likeness (QED) is 0.746. The van der Waals surface area contributed by atoms with Gasteiger partial charge < -0.3 is 9.47 Å². The Morgan fingerprint density at radius 2 is 1.90 bits per heavy atom. The minimum absolute atomic E-state index is 0.0789. The van der Waals surface area contributed by atoms with E-state index in [0.717, 1.165) is 10.2 Å². The van der Waals surface area contributed by atoms with E-state index in [1.54, 1.807) is 7.11 Å². The van der Waals surface area contributed by atoms with Crippen molar-refractivity contribution in [1.82, 2.24) is 0 Å². The molecule has 0 aliphatic rings. The molecule has 0 aliphatic carbocycles. The Morgan fingerprint density at radius 3 is 2.55 bits per heavy atom. The van der Waals surface area contributed by atoms with E-state index >= 15 is 0 Å². The molecule has 0 N–H and O–H groups in total. The molecule has 0 radical (unpaired) electrons. The van der Waals surface area contributed by atoms with Gasteiger partial charge in [0, 0.05) is 12.0 Å². The van der Waals surface area contributed by atoms with Crippen LogP contribution in [0.5, 0.6) is 11.5 Å². The third-order valence-corrected chi connectivity index (χ3v) is 3.44. The topological polar surface area (TPSA) is 35.5 Å². The van der Waals surface area contributed by atoms with E-state index in [-0.39, 0.29) is 5.78 Å². The van der Waals surface area contributed by atoms with Crippen LogP contribution in [0.4, 0.5) is 0 Å². The highest BCUT2D eigenvalue weighted by Crippen LogP contribution is 2.29. The number of rotatable bonds is 6. The van der Waals surface area contributed by atoms with Crippen molar-refractivity contribution in [3.63, 3.8) is 0 Å². The molecule has 2 aromatic rings. The second kappa shape index (κ2) is 7.10. The first-order valence-corrected chi connectivity index (χ1v) is 7.04. The monoisotopic (exact) mass is 334 g/mol. The van der Waals surface area contributed by atoms with Gasteiger partial charge in [-0.15, -0.1) is 0 Å². The zero-order valence-corrected chi connectivity index (χ0v) is 12.7. The molecule has 0 aliphatic heterocycles. The van der Waals surface area contributed by atoms with E-state index in [2.05, 4.69) is 15.9 Å². The van der Waals surface area contributed by atoms with Crippen molar-refractivity contribution in [2.24, 2.45) is 0 Å². The Hall–Kier alpha value is -1.81. The maximum absolute atomic E-state index is 11.9. The Balaban J connectivity index is 1.89. The summed E-state index contributed by atoms with van der Waals surface area (Å²) in [5, 5.41) is 0. The fourth-order valence-corrected chi connectivity index (χ4v) is 2.22. The van der Waals surface area contributed by atoms with Gasteiger partial charge in [-0.2, -0.15) is 0 Å². The first-order valence-electron chi connectivity index (χ1n) is 6.25. The highest BCUT2D eigenvalue weighted by Gasteiger charge is 2.07. The molecule has 0 bridgehead atoms. The van der Waals surface area contributed by atoms with Crippen LogP contribution in [0.3, 0.4) is 0 Å². The van der Waals surface area contributed by atoms with Crippen molar-refractivity contribution in [3.8, 4) is 11.5 Å². The molecule has 4 heteroatoms. The standard InChI is InChI=1S/C16H15BrO3/c1-19-13-7-8-16(14(17)11-13)20-10-9-15(18)12-5-3-2-4-6-12/h2-8,11H,9-10H2,1H3. The Morgan fingerprint density at radius 1 is 1.15 bits per heavy atom. The van der Waals surface area contributed by atoms with Crippen LogP contribution in [0.1, 0.15) is 16.8 Å². The summed E-state index contributed by atoms with van der Waals surface area (Å²) in [6.45, 7) is 0.346. The summed E-state index contributed by atoms with van der Waals surface area (Å²) in [5.74, 6) is 1.53. The minimum Gasteiger partial charge on any atom is -0.497 e. The van der Waals surface area contributed by atoms with Crippen LogP contribution in [0.2, 0.25) is 0 Å². The molecule has 0 saturated carbocycles. The molecular formula is C16H15BrO3. The van der Waals surface area contributed by atoms with Crippen molar-refractivity contribution in [1.29, 1.82) is 0 Å². The summed E-state index contributed by atoms with van der Waals surface area (Å²) < 4.78 is 11.5. The summed E-state index contributed by atoms with van der Waals surface area (Å²) in [4.78, 5) is 11.9. The highest BCUT2D eigenvalue weighted by atomic mass is 79.9. The minimum atomic E-state index is 0.0789. The average molecular weight is 335 g/mol. The number of methoxy groups -OCH3 is 1. The lowest BCUT2D eigenvalue weighted by molar-refractivity contribution is 0.0962. The molecule has 0 spiro atoms. The number of ether oxygens (including phenoxy) is 2. The Bertz CT molecular complexity index is 582. The van der Waals surface area contributed by atoms with Crippen molar-refractivity contribution < 1.29 is 14.3 Å². The van der Waals surface area contributed by atoms with Crippen molar-refractivity contribution >= 4 is 21.7 Å². The Labute approximate surface area is 126 Å². The third kappa shape index (κ3) is 3.84. The number of carbonyl (C=O) groups is 1. The lowest BCUT2D eigenvalue weighted by Gasteiger charge is -2.09. The number of Topliss-reactive ketones (excluding diaryl/α,β-unsaturated/α-hetero) is 1. The molecule has 0 fully saturated rings. The molecule has 3 nitrogen and oxygen atoms in total. The second-order valence-electron chi connectivity index (χ2n) is 4.18. The molecule has 0 aromatic heterocycles. The van der Waals surface area contributed by atoms with Gasteiger partial charge >= 0.3 is 0 Å². The van der Waals surface area contributed by atoms with Crippen LogP contribution in [-0.2, 0) is 0 Å². The summed E-state index contributed by atoms with van der Waals surface area (Å²) >= 11 is 3.41. The van der Waals surface area contributed by atoms with Gasteiger partial charge in [-0.05, 0) is 34.1 Å². The normalized spacial score (nSPS) is 10.1. The largest absolute Gasteiger partial charge is 0.497 e. The lowest BCUT2D eigenvalue weighted by Crippen LogP contribution is -2.06. The molecule has 104 valence electrons. The van der Waals surface area contributed by atoms with Gasteiger partial charge in [-0.3, -0.25) is 4.79 Å². The summed E-state index contributed by atoms with van der Waals surface area (Å²) in [5.41, 5.74) is 0.713. The smallest absolute Gasteiger partial charge is 0.166 e. The van der Waals surface area contributed by atoms with Gasteiger partial charge in [0.1, 0.15) is 11.5 Å². The van der Waals surface area contributed by atoms with Gasteiger partial charge in [0.15, 0.2) is 5.78 Å². The molecule has 0 atom stereocenters. The van der Waals surface area contributed by atoms with Crippen molar-refractivity contribution in [2.75, 3.05) is 13.7 Å². The third-order valence-electron chi connectivity index (χ3n) is 2.82. The zero-order valence-electron chi connectivity index (χ0n) is 11.1. The number of benzene rings is 2. The fourth-order valence-electron chi connectivity index (χ4n) is 1.75. The molecule has 2 rings (SSSR count). The molecule has 0 heterocycles. The highest BCUT2D eigenvalue weighted by molar-refractivity contribution is 9.10. The maximum atomic E-state index is 11.9. The van der Waals surface area contributed by atoms with E-state index in [9.17, 15) is 4.79 Å². The van der Waals surface area contributed by atoms with Crippen molar-refractivity contribution in [2.45, 2.75) is 6.42 Å². The van der Waals surface area contributed by atoms with Crippen molar-refractivity contribution in [3.05, 3.63) is 58.6 Å². The van der Waals surface area contributed by atoms with Gasteiger partial charge in [0.05, 0.1) is 18.2 Å². The zero-order chi connectivity index (χ0) is 14.4. The maximum Gasteiger partial charge on any atom is 0.166 e. The molecule has 20 heavy (non-hydrogen) atoms. The first kappa shape index (κ1) is 14.6. The molecule has 2 aromatic carbocycles. The molecule has 0 amide bonds. The van der Waals surface area contributed by atoms with E-state index in [0.29, 0.717) is 24.3 Å². The number of hydrogen-bond acceptors (Lipinski definition) is 3. The number of ketones is 1. The van der Waals surface area contributed by atoms with Crippen LogP contribution < -0.4 is 9.47 Å². The van der Waals surface area contributed by atoms with Crippen LogP contribution >= 0.6 is 15.9 Å². The van der Waals surface area contributed by atoms with Crippen LogP contribution in [0.25, 0.3) is 0 Å². The van der Waals surface area contributed by atoms with E-state index in [1.165, 1.54) is 0 Å². The van der Waals surface area contributed by atoms with Gasteiger partial charge in [0.25, 0.3) is 0 Å². The predicted molar refractivity (Wildman–Crippen MR) is 81.6 cm³/mol. The number of carbonyl (C=O) groups excluding carboxylic acids is 1. The van der Waals surface area contributed by atoms with E-state index < -0.39 is 0 Å². The number of halogens is 1. The predicted octanol–water partition coefficient (Wildman–Crippen LogP) is 4.11.